The van der Waals surface area contributed by atoms with Crippen molar-refractivity contribution in [1.29, 1.82) is 0 Å². The highest BCUT2D eigenvalue weighted by molar-refractivity contribution is 5.86. The normalized spacial score (nSPS) is 14.8. The quantitative estimate of drug-likeness (QED) is 0.881. The molecule has 3 nitrogen and oxygen atoms in total. The van der Waals surface area contributed by atoms with Gasteiger partial charge in [0.25, 0.3) is 0 Å². The summed E-state index contributed by atoms with van der Waals surface area (Å²) in [4.78, 5) is 0. The van der Waals surface area contributed by atoms with Crippen molar-refractivity contribution in [3.05, 3.63) is 71.8 Å². The van der Waals surface area contributed by atoms with E-state index in [9.17, 15) is 13.2 Å². The molecule has 0 fully saturated rings. The van der Waals surface area contributed by atoms with Gasteiger partial charge in [-0.25, -0.2) is 0 Å². The summed E-state index contributed by atoms with van der Waals surface area (Å²) in [5.41, 5.74) is 0.905. The Labute approximate surface area is 144 Å². The third kappa shape index (κ3) is 4.62. The molecule has 0 spiro atoms. The van der Waals surface area contributed by atoms with Crippen molar-refractivity contribution in [3.8, 4) is 0 Å². The molecule has 0 aromatic heterocycles. The number of alkyl halides is 3. The molecule has 1 aliphatic rings. The molecular formula is C19H18F3N3. The first-order valence-corrected chi connectivity index (χ1v) is 8.00. The first-order valence-electron chi connectivity index (χ1n) is 8.00. The monoisotopic (exact) mass is 345 g/mol. The predicted octanol–water partition coefficient (Wildman–Crippen LogP) is 4.53. The van der Waals surface area contributed by atoms with Crippen LogP contribution in [0, 0.1) is 0 Å². The van der Waals surface area contributed by atoms with Crippen LogP contribution in [0.15, 0.2) is 65.8 Å². The van der Waals surface area contributed by atoms with Crippen LogP contribution in [-0.4, -0.2) is 18.9 Å². The Kier molecular flexibility index (Phi) is 5.07. The van der Waals surface area contributed by atoms with Crippen molar-refractivity contribution in [2.75, 3.05) is 18.1 Å². The molecule has 25 heavy (non-hydrogen) atoms. The third-order valence-electron chi connectivity index (χ3n) is 3.81. The Balaban J connectivity index is 1.58. The van der Waals surface area contributed by atoms with E-state index in [1.807, 2.05) is 42.5 Å². The van der Waals surface area contributed by atoms with Gasteiger partial charge >= 0.3 is 6.18 Å². The maximum absolute atomic E-state index is 12.8. The van der Waals surface area contributed by atoms with Crippen molar-refractivity contribution in [2.45, 2.75) is 12.6 Å². The van der Waals surface area contributed by atoms with E-state index in [-0.39, 0.29) is 0 Å². The zero-order chi connectivity index (χ0) is 17.7. The Bertz CT molecular complexity index is 767. The molecule has 130 valence electrons. The number of amidine groups is 1. The lowest BCUT2D eigenvalue weighted by Crippen LogP contribution is -2.21. The molecule has 1 aliphatic heterocycles. The summed E-state index contributed by atoms with van der Waals surface area (Å²) in [6, 6.07) is 15.2. The molecule has 0 aliphatic carbocycles. The third-order valence-corrected chi connectivity index (χ3v) is 3.81. The fourth-order valence-electron chi connectivity index (χ4n) is 2.55. The predicted molar refractivity (Wildman–Crippen MR) is 94.3 cm³/mol. The van der Waals surface area contributed by atoms with Crippen molar-refractivity contribution < 1.29 is 13.2 Å². The molecule has 0 bridgehead atoms. The topological polar surface area (TPSA) is 27.6 Å². The number of nitrogens with zero attached hydrogens (tertiary/aromatic N) is 2. The molecule has 0 saturated carbocycles. The second-order valence-corrected chi connectivity index (χ2v) is 5.66. The number of hydrogen-bond donors (Lipinski definition) is 1. The SMILES string of the molecule is FC(F)(F)c1cccc(N2CCC(NCC=Cc3ccccc3)=N2)c1. The second-order valence-electron chi connectivity index (χ2n) is 5.66. The highest BCUT2D eigenvalue weighted by Crippen LogP contribution is 2.32. The lowest BCUT2D eigenvalue weighted by atomic mass is 10.2. The molecule has 0 saturated heterocycles. The van der Waals surface area contributed by atoms with E-state index in [1.165, 1.54) is 6.07 Å². The van der Waals surface area contributed by atoms with E-state index in [1.54, 1.807) is 11.1 Å². The lowest BCUT2D eigenvalue weighted by molar-refractivity contribution is -0.137. The van der Waals surface area contributed by atoms with Crippen molar-refractivity contribution >= 4 is 17.6 Å². The molecular weight excluding hydrogens is 327 g/mol. The first-order chi connectivity index (χ1) is 12.0. The number of hydrogen-bond acceptors (Lipinski definition) is 3. The Morgan fingerprint density at radius 2 is 1.88 bits per heavy atom. The van der Waals surface area contributed by atoms with Gasteiger partial charge in [-0.15, -0.1) is 0 Å². The summed E-state index contributed by atoms with van der Waals surface area (Å²) < 4.78 is 38.4. The van der Waals surface area contributed by atoms with Gasteiger partial charge in [0.2, 0.25) is 0 Å². The molecule has 2 aromatic carbocycles. The van der Waals surface area contributed by atoms with Gasteiger partial charge in [0.1, 0.15) is 5.84 Å². The average Bonchev–Trinajstić information content (AvgIpc) is 3.08. The Morgan fingerprint density at radius 3 is 2.64 bits per heavy atom. The van der Waals surface area contributed by atoms with E-state index in [4.69, 9.17) is 0 Å². The summed E-state index contributed by atoms with van der Waals surface area (Å²) in [7, 11) is 0. The molecule has 0 unspecified atom stereocenters. The van der Waals surface area contributed by atoms with Crippen LogP contribution < -0.4 is 10.3 Å². The zero-order valence-corrected chi connectivity index (χ0v) is 13.5. The van der Waals surface area contributed by atoms with E-state index in [0.717, 1.165) is 23.5 Å². The summed E-state index contributed by atoms with van der Waals surface area (Å²) in [6.07, 6.45) is 0.329. The van der Waals surface area contributed by atoms with Crippen molar-refractivity contribution in [2.24, 2.45) is 5.10 Å². The molecule has 3 rings (SSSR count). The van der Waals surface area contributed by atoms with Crippen LogP contribution in [-0.2, 0) is 6.18 Å². The van der Waals surface area contributed by atoms with Crippen LogP contribution in [0.1, 0.15) is 17.5 Å². The molecule has 0 amide bonds. The van der Waals surface area contributed by atoms with Crippen molar-refractivity contribution in [3.63, 3.8) is 0 Å². The molecule has 6 heteroatoms. The minimum Gasteiger partial charge on any atom is -0.369 e. The van der Waals surface area contributed by atoms with Crippen LogP contribution in [0.5, 0.6) is 0 Å². The largest absolute Gasteiger partial charge is 0.416 e. The van der Waals surface area contributed by atoms with Gasteiger partial charge in [-0.1, -0.05) is 48.6 Å². The standard InChI is InChI=1S/C19H18F3N3/c20-19(21,22)16-9-4-10-17(14-16)25-13-11-18(24-25)23-12-5-8-15-6-2-1-3-7-15/h1-10,14H,11-13H2,(H,23,24). The van der Waals surface area contributed by atoms with Gasteiger partial charge in [-0.05, 0) is 23.8 Å². The highest BCUT2D eigenvalue weighted by Gasteiger charge is 2.31. The maximum atomic E-state index is 12.8. The molecule has 0 atom stereocenters. The van der Waals surface area contributed by atoms with Gasteiger partial charge in [-0.2, -0.15) is 18.3 Å². The number of halogens is 3. The minimum absolute atomic E-state index is 0.450. The number of rotatable bonds is 4. The van der Waals surface area contributed by atoms with E-state index in [0.29, 0.717) is 25.2 Å². The molecule has 0 radical (unpaired) electrons. The summed E-state index contributed by atoms with van der Waals surface area (Å²) in [5, 5.41) is 9.16. The first kappa shape index (κ1) is 17.1. The smallest absolute Gasteiger partial charge is 0.369 e. The minimum atomic E-state index is -4.34. The number of benzene rings is 2. The zero-order valence-electron chi connectivity index (χ0n) is 13.5. The van der Waals surface area contributed by atoms with Crippen LogP contribution in [0.2, 0.25) is 0 Å². The lowest BCUT2D eigenvalue weighted by Gasteiger charge is -2.15. The second kappa shape index (κ2) is 7.42. The van der Waals surface area contributed by atoms with E-state index >= 15 is 0 Å². The fraction of sp³-hybridized carbons (Fsp3) is 0.211. The van der Waals surface area contributed by atoms with Crippen LogP contribution in [0.3, 0.4) is 0 Å². The van der Waals surface area contributed by atoms with Gasteiger partial charge < -0.3 is 5.32 Å². The Morgan fingerprint density at radius 1 is 1.08 bits per heavy atom. The van der Waals surface area contributed by atoms with Crippen LogP contribution in [0.4, 0.5) is 18.9 Å². The number of anilines is 1. The highest BCUT2D eigenvalue weighted by atomic mass is 19.4. The molecule has 1 heterocycles. The van der Waals surface area contributed by atoms with E-state index < -0.39 is 11.7 Å². The molecule has 1 N–H and O–H groups in total. The number of hydrazone groups is 1. The van der Waals surface area contributed by atoms with Crippen LogP contribution >= 0.6 is 0 Å². The summed E-state index contributed by atoms with van der Waals surface area (Å²) in [5.74, 6) is 0.773. The summed E-state index contributed by atoms with van der Waals surface area (Å²) in [6.45, 7) is 1.18. The van der Waals surface area contributed by atoms with Crippen LogP contribution in [0.25, 0.3) is 6.08 Å². The fourth-order valence-corrected chi connectivity index (χ4v) is 2.55. The Hall–Kier alpha value is -2.76. The van der Waals surface area contributed by atoms with Gasteiger partial charge in [0.05, 0.1) is 11.3 Å². The van der Waals surface area contributed by atoms with E-state index in [2.05, 4.69) is 10.4 Å². The van der Waals surface area contributed by atoms with Crippen molar-refractivity contribution in [1.82, 2.24) is 5.32 Å². The van der Waals surface area contributed by atoms with Gasteiger partial charge in [-0.3, -0.25) is 5.01 Å². The average molecular weight is 345 g/mol. The van der Waals surface area contributed by atoms with Gasteiger partial charge in [0.15, 0.2) is 0 Å². The maximum Gasteiger partial charge on any atom is 0.416 e. The number of nitrogens with one attached hydrogen (secondary N) is 1. The van der Waals surface area contributed by atoms with Gasteiger partial charge in [0, 0.05) is 19.5 Å². The molecule has 2 aromatic rings. The summed E-state index contributed by atoms with van der Waals surface area (Å²) >= 11 is 0.